The second kappa shape index (κ2) is 16.3. The Morgan fingerprint density at radius 3 is 1.87 bits per heavy atom. The van der Waals surface area contributed by atoms with Gasteiger partial charge in [0.15, 0.2) is 5.75 Å². The van der Waals surface area contributed by atoms with E-state index in [1.807, 2.05) is 0 Å². The summed E-state index contributed by atoms with van der Waals surface area (Å²) in [6, 6.07) is 4.62. The molecule has 1 aromatic rings. The van der Waals surface area contributed by atoms with Gasteiger partial charge >= 0.3 is 0 Å². The van der Waals surface area contributed by atoms with E-state index in [4.69, 9.17) is 9.05 Å². The summed E-state index contributed by atoms with van der Waals surface area (Å²) in [6.07, 6.45) is 14.2. The summed E-state index contributed by atoms with van der Waals surface area (Å²) in [6.45, 7) is 1.86. The van der Waals surface area contributed by atoms with Crippen molar-refractivity contribution in [3.05, 3.63) is 34.4 Å². The maximum atomic E-state index is 11.8. The number of unbranched alkanes of at least 4 members (excludes halogenated alkanes) is 11. The van der Waals surface area contributed by atoms with E-state index >= 15 is 0 Å². The van der Waals surface area contributed by atoms with Crippen molar-refractivity contribution in [2.45, 2.75) is 96.5 Å². The van der Waals surface area contributed by atoms with E-state index in [0.29, 0.717) is 6.42 Å². The van der Waals surface area contributed by atoms with Crippen molar-refractivity contribution >= 4 is 13.9 Å². The Morgan fingerprint density at radius 2 is 1.39 bits per heavy atom. The zero-order valence-corrected chi connectivity index (χ0v) is 19.5. The maximum absolute atomic E-state index is 11.8. The molecular weight excluding hydrogens is 421 g/mol. The third-order valence-corrected chi connectivity index (χ3v) is 5.98. The number of nitro groups is 1. The molecule has 1 rings (SSSR count). The number of non-ortho nitro benzene ring substituents is 1. The summed E-state index contributed by atoms with van der Waals surface area (Å²) >= 11 is 0. The summed E-state index contributed by atoms with van der Waals surface area (Å²) in [7, 11) is -4.66. The second-order valence-corrected chi connectivity index (χ2v) is 9.25. The van der Waals surface area contributed by atoms with Crippen LogP contribution in [-0.2, 0) is 4.52 Å². The third-order valence-electron chi connectivity index (χ3n) is 5.08. The number of nitro benzene ring substituents is 1. The van der Waals surface area contributed by atoms with Gasteiger partial charge in [0, 0.05) is 12.1 Å². The highest BCUT2D eigenvalue weighted by Crippen LogP contribution is 2.43. The van der Waals surface area contributed by atoms with Crippen LogP contribution < -0.4 is 14.3 Å². The van der Waals surface area contributed by atoms with E-state index in [-0.39, 0.29) is 18.0 Å². The van der Waals surface area contributed by atoms with Crippen LogP contribution in [0.1, 0.15) is 90.4 Å². The normalized spacial score (nSPS) is 12.6. The van der Waals surface area contributed by atoms with Crippen LogP contribution >= 0.6 is 8.17 Å². The van der Waals surface area contributed by atoms with Crippen molar-refractivity contribution in [1.82, 2.24) is 0 Å². The molecule has 0 aliphatic rings. The average molecular weight is 459 g/mol. The van der Waals surface area contributed by atoms with Gasteiger partial charge in [-0.2, -0.15) is 0 Å². The van der Waals surface area contributed by atoms with Gasteiger partial charge in [-0.15, -0.1) is 0 Å². The highest BCUT2D eigenvalue weighted by atomic mass is 31.2. The lowest BCUT2D eigenvalue weighted by molar-refractivity contribution is -0.385. The van der Waals surface area contributed by atoms with Crippen molar-refractivity contribution in [3.8, 4) is 5.75 Å². The number of hydrogen-bond acceptors (Lipinski definition) is 7. The van der Waals surface area contributed by atoms with Crippen LogP contribution in [0, 0.1) is 10.1 Å². The number of phosphoric acid groups is 1. The molecule has 1 aromatic carbocycles. The lowest BCUT2D eigenvalue weighted by Gasteiger charge is -2.31. The summed E-state index contributed by atoms with van der Waals surface area (Å²) in [4.78, 5) is 33.7. The van der Waals surface area contributed by atoms with Gasteiger partial charge in [0.25, 0.3) is 5.69 Å². The standard InChI is InChI=1S/C22H38NO7P/c1-2-3-4-5-6-7-8-9-10-11-12-13-14-21(24)19-29-31(27,28)30-22-17-15-20(16-18-22)23(25)26/h15-18,21,24H,2-14,19H2,1H3,(H,27,28)/p-1. The molecule has 9 heteroatoms. The molecule has 1 unspecified atom stereocenters. The van der Waals surface area contributed by atoms with Crippen LogP contribution in [0.4, 0.5) is 5.69 Å². The number of aliphatic hydroxyl groups excluding tert-OH is 1. The molecule has 178 valence electrons. The predicted octanol–water partition coefficient (Wildman–Crippen LogP) is 4.84. The van der Waals surface area contributed by atoms with Crippen molar-refractivity contribution in [3.63, 3.8) is 0 Å². The SMILES string of the molecule is CCCCCCCCCCCCCCC(O)CO[P+]([O-])([O-])Oc1ccc([N+](=O)[O-])cc1. The molecule has 0 heterocycles. The molecule has 0 saturated heterocycles. The predicted molar refractivity (Wildman–Crippen MR) is 118 cm³/mol. The highest BCUT2D eigenvalue weighted by molar-refractivity contribution is 7.51. The minimum absolute atomic E-state index is 0.0839. The van der Waals surface area contributed by atoms with E-state index < -0.39 is 19.2 Å². The molecule has 0 aliphatic carbocycles. The molecule has 0 aromatic heterocycles. The number of nitrogens with zero attached hydrogens (tertiary/aromatic N) is 1. The lowest BCUT2D eigenvalue weighted by Crippen LogP contribution is -2.31. The van der Waals surface area contributed by atoms with Crippen molar-refractivity contribution in [2.24, 2.45) is 0 Å². The minimum Gasteiger partial charge on any atom is -0.627 e. The number of aliphatic hydroxyl groups is 1. The van der Waals surface area contributed by atoms with Gasteiger partial charge in [-0.05, 0) is 18.6 Å². The maximum Gasteiger partial charge on any atom is 0.269 e. The molecule has 0 amide bonds. The Morgan fingerprint density at radius 1 is 0.903 bits per heavy atom. The van der Waals surface area contributed by atoms with Crippen molar-refractivity contribution in [2.75, 3.05) is 6.61 Å². The smallest absolute Gasteiger partial charge is 0.269 e. The summed E-state index contributed by atoms with van der Waals surface area (Å²) < 4.78 is 9.47. The zero-order chi connectivity index (χ0) is 23.0. The van der Waals surface area contributed by atoms with Crippen LogP contribution in [0.3, 0.4) is 0 Å². The molecule has 0 aliphatic heterocycles. The molecule has 8 nitrogen and oxygen atoms in total. The largest absolute Gasteiger partial charge is 0.627 e. The minimum atomic E-state index is -4.66. The van der Waals surface area contributed by atoms with Crippen LogP contribution in [-0.4, -0.2) is 22.7 Å². The first kappa shape index (κ1) is 27.7. The third kappa shape index (κ3) is 14.4. The molecule has 0 bridgehead atoms. The second-order valence-electron chi connectivity index (χ2n) is 7.92. The van der Waals surface area contributed by atoms with E-state index in [1.54, 1.807) is 0 Å². The molecule has 0 saturated carbocycles. The lowest BCUT2D eigenvalue weighted by atomic mass is 10.0. The Hall–Kier alpha value is -1.31. The quantitative estimate of drug-likeness (QED) is 0.136. The summed E-state index contributed by atoms with van der Waals surface area (Å²) in [5.41, 5.74) is -0.174. The van der Waals surface area contributed by atoms with Crippen LogP contribution in [0.2, 0.25) is 0 Å². The fraction of sp³-hybridized carbons (Fsp3) is 0.727. The summed E-state index contributed by atoms with van der Waals surface area (Å²) in [5, 5.41) is 20.5. The number of rotatable bonds is 19. The van der Waals surface area contributed by atoms with E-state index in [2.05, 4.69) is 6.92 Å². The molecule has 0 radical (unpaired) electrons. The summed E-state index contributed by atoms with van der Waals surface area (Å²) in [5.74, 6) is -0.0839. The van der Waals surface area contributed by atoms with Crippen LogP contribution in [0.25, 0.3) is 0 Å². The van der Waals surface area contributed by atoms with Gasteiger partial charge in [0.1, 0.15) is 6.61 Å². The fourth-order valence-corrected chi connectivity index (χ4v) is 4.05. The first-order valence-corrected chi connectivity index (χ1v) is 12.9. The topological polar surface area (TPSA) is 128 Å². The van der Waals surface area contributed by atoms with Crippen LogP contribution in [0.5, 0.6) is 5.75 Å². The highest BCUT2D eigenvalue weighted by Gasteiger charge is 2.21. The number of hydrogen-bond donors (Lipinski definition) is 1. The van der Waals surface area contributed by atoms with E-state index in [9.17, 15) is 25.0 Å². The zero-order valence-electron chi connectivity index (χ0n) is 18.6. The number of benzene rings is 1. The fourth-order valence-electron chi connectivity index (χ4n) is 3.27. The Labute approximate surface area is 186 Å². The van der Waals surface area contributed by atoms with Crippen molar-refractivity contribution in [1.29, 1.82) is 0 Å². The van der Waals surface area contributed by atoms with Gasteiger partial charge in [-0.25, -0.2) is 4.52 Å². The van der Waals surface area contributed by atoms with Gasteiger partial charge in [-0.3, -0.25) is 10.1 Å². The molecule has 0 spiro atoms. The first-order chi connectivity index (χ1) is 14.8. The van der Waals surface area contributed by atoms with Crippen LogP contribution in [0.15, 0.2) is 24.3 Å². The van der Waals surface area contributed by atoms with Gasteiger partial charge < -0.3 is 19.4 Å². The molecular formula is C22H37NO7P-. The molecule has 0 fully saturated rings. The molecule has 1 atom stereocenters. The monoisotopic (exact) mass is 458 g/mol. The Balaban J connectivity index is 2.05. The number of phosphoric ester groups is 1. The molecule has 31 heavy (non-hydrogen) atoms. The van der Waals surface area contributed by atoms with E-state index in [0.717, 1.165) is 31.4 Å². The van der Waals surface area contributed by atoms with Gasteiger partial charge in [0.05, 0.1) is 11.0 Å². The Bertz CT molecular complexity index is 598. The van der Waals surface area contributed by atoms with Gasteiger partial charge in [0.2, 0.25) is 8.17 Å². The van der Waals surface area contributed by atoms with Crippen molar-refractivity contribution < 1.29 is 28.9 Å². The van der Waals surface area contributed by atoms with Gasteiger partial charge in [-0.1, -0.05) is 84.0 Å². The average Bonchev–Trinajstić information content (AvgIpc) is 2.73. The Kier molecular flexibility index (Phi) is 14.6. The van der Waals surface area contributed by atoms with E-state index in [1.165, 1.54) is 69.9 Å². The first-order valence-electron chi connectivity index (χ1n) is 11.4. The molecule has 1 N–H and O–H groups in total.